The number of carbonyl (C=O) groups is 2. The minimum absolute atomic E-state index is 0.325. The second kappa shape index (κ2) is 7.58. The molecule has 0 aliphatic heterocycles. The maximum atomic E-state index is 12.4. The SMILES string of the molecule is CCCc1c(C(=O)NC(C)C(=O)OC)cnn1-c1ccccc1. The molecule has 1 aromatic carbocycles. The summed E-state index contributed by atoms with van der Waals surface area (Å²) in [6.07, 6.45) is 3.13. The van der Waals surface area contributed by atoms with Crippen molar-refractivity contribution >= 4 is 11.9 Å². The highest BCUT2D eigenvalue weighted by atomic mass is 16.5. The fraction of sp³-hybridized carbons (Fsp3) is 0.353. The number of benzene rings is 1. The van der Waals surface area contributed by atoms with Gasteiger partial charge in [-0.1, -0.05) is 31.5 Å². The Morgan fingerprint density at radius 1 is 1.30 bits per heavy atom. The predicted molar refractivity (Wildman–Crippen MR) is 86.5 cm³/mol. The minimum Gasteiger partial charge on any atom is -0.467 e. The fourth-order valence-electron chi connectivity index (χ4n) is 2.34. The third kappa shape index (κ3) is 3.77. The van der Waals surface area contributed by atoms with Crippen molar-refractivity contribution in [1.82, 2.24) is 15.1 Å². The lowest BCUT2D eigenvalue weighted by molar-refractivity contribution is -0.142. The Labute approximate surface area is 135 Å². The molecule has 0 radical (unpaired) electrons. The molecular formula is C17H21N3O3. The molecule has 0 bridgehead atoms. The summed E-state index contributed by atoms with van der Waals surface area (Å²) in [6.45, 7) is 3.63. The smallest absolute Gasteiger partial charge is 0.328 e. The molecule has 2 rings (SSSR count). The summed E-state index contributed by atoms with van der Waals surface area (Å²) >= 11 is 0. The van der Waals surface area contributed by atoms with E-state index in [0.717, 1.165) is 17.8 Å². The van der Waals surface area contributed by atoms with Crippen LogP contribution in [0.4, 0.5) is 0 Å². The number of carbonyl (C=O) groups excluding carboxylic acids is 2. The van der Waals surface area contributed by atoms with Crippen LogP contribution < -0.4 is 5.32 Å². The van der Waals surface area contributed by atoms with Gasteiger partial charge in [0.15, 0.2) is 0 Å². The topological polar surface area (TPSA) is 73.2 Å². The van der Waals surface area contributed by atoms with Crippen molar-refractivity contribution in [3.05, 3.63) is 47.8 Å². The first-order valence-electron chi connectivity index (χ1n) is 7.59. The van der Waals surface area contributed by atoms with E-state index in [1.165, 1.54) is 13.3 Å². The number of hydrogen-bond acceptors (Lipinski definition) is 4. The summed E-state index contributed by atoms with van der Waals surface area (Å²) in [5.74, 6) is -0.806. The van der Waals surface area contributed by atoms with E-state index in [9.17, 15) is 9.59 Å². The Morgan fingerprint density at radius 2 is 2.00 bits per heavy atom. The van der Waals surface area contributed by atoms with Crippen molar-refractivity contribution in [2.45, 2.75) is 32.7 Å². The number of ether oxygens (including phenoxy) is 1. The lowest BCUT2D eigenvalue weighted by atomic mass is 10.1. The van der Waals surface area contributed by atoms with Gasteiger partial charge in [0.1, 0.15) is 6.04 Å². The maximum Gasteiger partial charge on any atom is 0.328 e. The number of esters is 1. The molecule has 2 aromatic rings. The molecule has 6 nitrogen and oxygen atoms in total. The van der Waals surface area contributed by atoms with Gasteiger partial charge in [-0.25, -0.2) is 9.48 Å². The summed E-state index contributed by atoms with van der Waals surface area (Å²) < 4.78 is 6.39. The lowest BCUT2D eigenvalue weighted by Gasteiger charge is -2.12. The highest BCUT2D eigenvalue weighted by molar-refractivity contribution is 5.97. The van der Waals surface area contributed by atoms with Crippen LogP contribution in [0.5, 0.6) is 0 Å². The number of hydrogen-bond donors (Lipinski definition) is 1. The van der Waals surface area contributed by atoms with Gasteiger partial charge in [0.2, 0.25) is 0 Å². The number of nitrogens with one attached hydrogen (secondary N) is 1. The molecule has 1 amide bonds. The van der Waals surface area contributed by atoms with Crippen molar-refractivity contribution in [1.29, 1.82) is 0 Å². The number of para-hydroxylation sites is 1. The average Bonchev–Trinajstić information content (AvgIpc) is 2.99. The van der Waals surface area contributed by atoms with Crippen LogP contribution in [0.25, 0.3) is 5.69 Å². The lowest BCUT2D eigenvalue weighted by Crippen LogP contribution is -2.39. The van der Waals surface area contributed by atoms with Gasteiger partial charge >= 0.3 is 5.97 Å². The second-order valence-corrected chi connectivity index (χ2v) is 5.22. The average molecular weight is 315 g/mol. The highest BCUT2D eigenvalue weighted by Gasteiger charge is 2.22. The van der Waals surface area contributed by atoms with Crippen molar-refractivity contribution in [2.24, 2.45) is 0 Å². The Balaban J connectivity index is 2.30. The van der Waals surface area contributed by atoms with Crippen LogP contribution in [0, 0.1) is 0 Å². The summed E-state index contributed by atoms with van der Waals surface area (Å²) in [5, 5.41) is 6.98. The first kappa shape index (κ1) is 16.7. The van der Waals surface area contributed by atoms with E-state index in [1.54, 1.807) is 11.6 Å². The van der Waals surface area contributed by atoms with E-state index in [2.05, 4.69) is 15.2 Å². The number of rotatable bonds is 6. The van der Waals surface area contributed by atoms with E-state index in [-0.39, 0.29) is 5.91 Å². The van der Waals surface area contributed by atoms with Crippen LogP contribution in [0.2, 0.25) is 0 Å². The maximum absolute atomic E-state index is 12.4. The molecule has 23 heavy (non-hydrogen) atoms. The monoisotopic (exact) mass is 315 g/mol. The van der Waals surface area contributed by atoms with Crippen LogP contribution in [0.3, 0.4) is 0 Å². The Bertz CT molecular complexity index is 680. The van der Waals surface area contributed by atoms with Crippen LogP contribution in [0.1, 0.15) is 36.3 Å². The molecular weight excluding hydrogens is 294 g/mol. The zero-order valence-corrected chi connectivity index (χ0v) is 13.6. The number of aromatic nitrogens is 2. The van der Waals surface area contributed by atoms with Gasteiger partial charge < -0.3 is 10.1 Å². The zero-order chi connectivity index (χ0) is 16.8. The van der Waals surface area contributed by atoms with Gasteiger partial charge in [-0.15, -0.1) is 0 Å². The van der Waals surface area contributed by atoms with Crippen molar-refractivity contribution in [2.75, 3.05) is 7.11 Å². The van der Waals surface area contributed by atoms with Crippen LogP contribution in [-0.2, 0) is 16.0 Å². The zero-order valence-electron chi connectivity index (χ0n) is 13.6. The Morgan fingerprint density at radius 3 is 2.61 bits per heavy atom. The quantitative estimate of drug-likeness (QED) is 0.829. The van der Waals surface area contributed by atoms with Gasteiger partial charge in [-0.05, 0) is 25.5 Å². The number of amides is 1. The summed E-state index contributed by atoms with van der Waals surface area (Å²) in [7, 11) is 1.29. The van der Waals surface area contributed by atoms with E-state index >= 15 is 0 Å². The molecule has 1 unspecified atom stereocenters. The Kier molecular flexibility index (Phi) is 5.51. The minimum atomic E-state index is -0.706. The molecule has 1 atom stereocenters. The van der Waals surface area contributed by atoms with Crippen LogP contribution >= 0.6 is 0 Å². The van der Waals surface area contributed by atoms with Crippen LogP contribution in [0.15, 0.2) is 36.5 Å². The third-order valence-corrected chi connectivity index (χ3v) is 3.50. The van der Waals surface area contributed by atoms with Crippen molar-refractivity contribution < 1.29 is 14.3 Å². The largest absolute Gasteiger partial charge is 0.467 e. The van der Waals surface area contributed by atoms with Gasteiger partial charge in [-0.3, -0.25) is 4.79 Å². The molecule has 6 heteroatoms. The molecule has 0 aliphatic rings. The second-order valence-electron chi connectivity index (χ2n) is 5.22. The van der Waals surface area contributed by atoms with Crippen LogP contribution in [-0.4, -0.2) is 34.8 Å². The van der Waals surface area contributed by atoms with Gasteiger partial charge in [0, 0.05) is 0 Å². The molecule has 122 valence electrons. The van der Waals surface area contributed by atoms with Gasteiger partial charge in [0.25, 0.3) is 5.91 Å². The summed E-state index contributed by atoms with van der Waals surface area (Å²) in [6, 6.07) is 8.94. The van der Waals surface area contributed by atoms with Crippen molar-refractivity contribution in [3.63, 3.8) is 0 Å². The van der Waals surface area contributed by atoms with E-state index in [1.807, 2.05) is 37.3 Å². The van der Waals surface area contributed by atoms with Crippen molar-refractivity contribution in [3.8, 4) is 5.69 Å². The third-order valence-electron chi connectivity index (χ3n) is 3.50. The molecule has 0 saturated heterocycles. The van der Waals surface area contributed by atoms with Gasteiger partial charge in [0.05, 0.1) is 30.3 Å². The number of nitrogens with zero attached hydrogens (tertiary/aromatic N) is 2. The Hall–Kier alpha value is -2.63. The molecule has 0 saturated carbocycles. The summed E-state index contributed by atoms with van der Waals surface area (Å²) in [4.78, 5) is 23.9. The molecule has 1 aromatic heterocycles. The normalized spacial score (nSPS) is 11.8. The molecule has 0 aliphatic carbocycles. The van der Waals surface area contributed by atoms with Gasteiger partial charge in [-0.2, -0.15) is 5.10 Å². The fourth-order valence-corrected chi connectivity index (χ4v) is 2.34. The van der Waals surface area contributed by atoms with E-state index in [0.29, 0.717) is 12.0 Å². The highest BCUT2D eigenvalue weighted by Crippen LogP contribution is 2.17. The standard InChI is InChI=1S/C17H21N3O3/c1-4-8-15-14(16(21)19-12(2)17(22)23-3)11-18-20(15)13-9-6-5-7-10-13/h5-7,9-12H,4,8H2,1-3H3,(H,19,21). The summed E-state index contributed by atoms with van der Waals surface area (Å²) in [5.41, 5.74) is 2.20. The molecule has 1 heterocycles. The first-order valence-corrected chi connectivity index (χ1v) is 7.59. The number of methoxy groups -OCH3 is 1. The van der Waals surface area contributed by atoms with E-state index in [4.69, 9.17) is 0 Å². The predicted octanol–water partition coefficient (Wildman–Crippen LogP) is 2.12. The van der Waals surface area contributed by atoms with E-state index < -0.39 is 12.0 Å². The molecule has 0 spiro atoms. The first-order chi connectivity index (χ1) is 11.1. The molecule has 0 fully saturated rings. The molecule has 1 N–H and O–H groups in total.